The van der Waals surface area contributed by atoms with E-state index in [-0.39, 0.29) is 0 Å². The van der Waals surface area contributed by atoms with Crippen molar-refractivity contribution < 1.29 is 14.0 Å². The Hall–Kier alpha value is -1.02. The van der Waals surface area contributed by atoms with E-state index in [9.17, 15) is 0 Å². The van der Waals surface area contributed by atoms with Crippen LogP contribution in [0.4, 0.5) is 0 Å². The zero-order chi connectivity index (χ0) is 14.5. The van der Waals surface area contributed by atoms with Gasteiger partial charge in [-0.25, -0.2) is 0 Å². The van der Waals surface area contributed by atoms with Crippen molar-refractivity contribution in [1.82, 2.24) is 19.9 Å². The maximum absolute atomic E-state index is 5.43. The molecular formula is C13H24N4O3. The molecule has 1 aliphatic heterocycles. The summed E-state index contributed by atoms with van der Waals surface area (Å²) in [5, 5.41) is 3.86. The molecule has 1 saturated heterocycles. The van der Waals surface area contributed by atoms with Crippen molar-refractivity contribution >= 4 is 0 Å². The van der Waals surface area contributed by atoms with Crippen LogP contribution in [0.25, 0.3) is 0 Å². The lowest BCUT2D eigenvalue weighted by molar-refractivity contribution is 0.111. The normalized spacial score (nSPS) is 23.9. The molecular weight excluding hydrogens is 260 g/mol. The minimum absolute atomic E-state index is 0.343. The molecule has 1 aliphatic rings. The first kappa shape index (κ1) is 15.4. The molecule has 7 nitrogen and oxygen atoms in total. The van der Waals surface area contributed by atoms with E-state index < -0.39 is 0 Å². The van der Waals surface area contributed by atoms with Gasteiger partial charge in [0.15, 0.2) is 5.82 Å². The molecule has 1 aromatic rings. The second-order valence-electron chi connectivity index (χ2n) is 5.42. The van der Waals surface area contributed by atoms with Gasteiger partial charge in [0.05, 0.1) is 12.6 Å². The number of hydrogen-bond donors (Lipinski definition) is 0. The summed E-state index contributed by atoms with van der Waals surface area (Å²) in [6.45, 7) is 2.98. The number of nitrogens with zero attached hydrogens (tertiary/aromatic N) is 4. The average Bonchev–Trinajstić information content (AvgIpc) is 2.98. The van der Waals surface area contributed by atoms with Gasteiger partial charge in [-0.2, -0.15) is 4.98 Å². The highest BCUT2D eigenvalue weighted by atomic mass is 16.5. The molecule has 0 aromatic carbocycles. The molecule has 7 heteroatoms. The average molecular weight is 284 g/mol. The minimum Gasteiger partial charge on any atom is -0.380 e. The first-order chi connectivity index (χ1) is 9.62. The molecule has 0 unspecified atom stereocenters. The summed E-state index contributed by atoms with van der Waals surface area (Å²) in [6, 6.07) is 0.506. The molecule has 0 amide bonds. The van der Waals surface area contributed by atoms with Gasteiger partial charge < -0.3 is 14.0 Å². The number of aromatic nitrogens is 2. The van der Waals surface area contributed by atoms with E-state index >= 15 is 0 Å². The quantitative estimate of drug-likeness (QED) is 0.716. The molecule has 0 saturated carbocycles. The fourth-order valence-corrected chi connectivity index (χ4v) is 2.61. The van der Waals surface area contributed by atoms with Crippen molar-refractivity contribution in [3.8, 4) is 0 Å². The highest BCUT2D eigenvalue weighted by Gasteiger charge is 2.30. The number of ether oxygens (including phenoxy) is 2. The van der Waals surface area contributed by atoms with Gasteiger partial charge in [-0.15, -0.1) is 0 Å². The summed E-state index contributed by atoms with van der Waals surface area (Å²) >= 11 is 0. The third-order valence-electron chi connectivity index (χ3n) is 3.69. The molecule has 2 heterocycles. The summed E-state index contributed by atoms with van der Waals surface area (Å²) < 4.78 is 15.6. The third-order valence-corrected chi connectivity index (χ3v) is 3.69. The maximum Gasteiger partial charge on any atom is 0.240 e. The molecule has 0 spiro atoms. The number of hydrogen-bond acceptors (Lipinski definition) is 7. The van der Waals surface area contributed by atoms with Crippen LogP contribution in [0.3, 0.4) is 0 Å². The Labute approximate surface area is 119 Å². The van der Waals surface area contributed by atoms with Gasteiger partial charge >= 0.3 is 0 Å². The van der Waals surface area contributed by atoms with Gasteiger partial charge in [-0.1, -0.05) is 5.16 Å². The molecule has 0 aliphatic carbocycles. The largest absolute Gasteiger partial charge is 0.380 e. The Bertz CT molecular complexity index is 412. The molecule has 2 atom stereocenters. The zero-order valence-electron chi connectivity index (χ0n) is 12.7. The Morgan fingerprint density at radius 3 is 2.90 bits per heavy atom. The van der Waals surface area contributed by atoms with Crippen LogP contribution < -0.4 is 0 Å². The van der Waals surface area contributed by atoms with Crippen LogP contribution in [0, 0.1) is 0 Å². The fraction of sp³-hybridized carbons (Fsp3) is 0.846. The van der Waals surface area contributed by atoms with Gasteiger partial charge in [0.2, 0.25) is 5.89 Å². The van der Waals surface area contributed by atoms with E-state index in [2.05, 4.69) is 34.0 Å². The van der Waals surface area contributed by atoms with Crippen molar-refractivity contribution in [3.05, 3.63) is 11.7 Å². The van der Waals surface area contributed by atoms with Gasteiger partial charge in [-0.3, -0.25) is 9.80 Å². The number of rotatable bonds is 7. The highest BCUT2D eigenvalue weighted by Crippen LogP contribution is 2.19. The summed E-state index contributed by atoms with van der Waals surface area (Å²) in [5.74, 6) is 1.22. The SMILES string of the molecule is COCc1noc(CN(C)C[C@@H]2C[C@H](OC)CN2C)n1. The van der Waals surface area contributed by atoms with Gasteiger partial charge in [0.25, 0.3) is 0 Å². The Balaban J connectivity index is 1.81. The standard InChI is InChI=1S/C13H24N4O3/c1-16(6-10-5-11(19-4)7-17(10)2)8-13-14-12(9-18-3)15-20-13/h10-11H,5-9H2,1-4H3/t10-,11-/m0/s1. The topological polar surface area (TPSA) is 63.9 Å². The van der Waals surface area contributed by atoms with Crippen LogP contribution in [0.15, 0.2) is 4.52 Å². The van der Waals surface area contributed by atoms with E-state index in [0.29, 0.717) is 37.0 Å². The van der Waals surface area contributed by atoms with Crippen molar-refractivity contribution in [1.29, 1.82) is 0 Å². The van der Waals surface area contributed by atoms with E-state index in [1.54, 1.807) is 14.2 Å². The lowest BCUT2D eigenvalue weighted by Crippen LogP contribution is -2.36. The lowest BCUT2D eigenvalue weighted by Gasteiger charge is -2.24. The minimum atomic E-state index is 0.343. The van der Waals surface area contributed by atoms with Crippen LogP contribution in [0.5, 0.6) is 0 Å². The number of likely N-dealkylation sites (tertiary alicyclic amines) is 1. The molecule has 20 heavy (non-hydrogen) atoms. The van der Waals surface area contributed by atoms with Crippen LogP contribution in [-0.2, 0) is 22.6 Å². The molecule has 0 N–H and O–H groups in total. The van der Waals surface area contributed by atoms with Crippen LogP contribution in [0.2, 0.25) is 0 Å². The fourth-order valence-electron chi connectivity index (χ4n) is 2.61. The first-order valence-corrected chi connectivity index (χ1v) is 6.84. The Kier molecular flexibility index (Phi) is 5.47. The Morgan fingerprint density at radius 1 is 1.45 bits per heavy atom. The van der Waals surface area contributed by atoms with Gasteiger partial charge in [-0.05, 0) is 20.5 Å². The second-order valence-corrected chi connectivity index (χ2v) is 5.42. The van der Waals surface area contributed by atoms with Crippen molar-refractivity contribution in [2.45, 2.75) is 31.7 Å². The van der Waals surface area contributed by atoms with E-state index in [1.165, 1.54) is 0 Å². The molecule has 114 valence electrons. The Morgan fingerprint density at radius 2 is 2.25 bits per heavy atom. The molecule has 0 bridgehead atoms. The van der Waals surface area contributed by atoms with Crippen molar-refractivity contribution in [2.75, 3.05) is 41.4 Å². The maximum atomic E-state index is 5.43. The highest BCUT2D eigenvalue weighted by molar-refractivity contribution is 4.88. The smallest absolute Gasteiger partial charge is 0.240 e. The molecule has 0 radical (unpaired) electrons. The van der Waals surface area contributed by atoms with Crippen molar-refractivity contribution in [2.24, 2.45) is 0 Å². The van der Waals surface area contributed by atoms with E-state index in [4.69, 9.17) is 14.0 Å². The molecule has 1 fully saturated rings. The summed E-state index contributed by atoms with van der Waals surface area (Å²) in [6.07, 6.45) is 1.41. The zero-order valence-corrected chi connectivity index (χ0v) is 12.7. The summed E-state index contributed by atoms with van der Waals surface area (Å²) in [7, 11) is 7.60. The molecule has 2 rings (SSSR count). The van der Waals surface area contributed by atoms with Crippen LogP contribution in [0.1, 0.15) is 18.1 Å². The van der Waals surface area contributed by atoms with Crippen molar-refractivity contribution in [3.63, 3.8) is 0 Å². The first-order valence-electron chi connectivity index (χ1n) is 6.84. The molecule has 1 aromatic heterocycles. The predicted molar refractivity (Wildman–Crippen MR) is 73.2 cm³/mol. The van der Waals surface area contributed by atoms with Crippen LogP contribution in [-0.4, -0.2) is 73.5 Å². The summed E-state index contributed by atoms with van der Waals surface area (Å²) in [4.78, 5) is 8.82. The monoisotopic (exact) mass is 284 g/mol. The third kappa shape index (κ3) is 3.99. The summed E-state index contributed by atoms with van der Waals surface area (Å²) in [5.41, 5.74) is 0. The van der Waals surface area contributed by atoms with Gasteiger partial charge in [0.1, 0.15) is 6.61 Å². The lowest BCUT2D eigenvalue weighted by atomic mass is 10.2. The van der Waals surface area contributed by atoms with Gasteiger partial charge in [0, 0.05) is 33.4 Å². The van der Waals surface area contributed by atoms with Crippen LogP contribution >= 0.6 is 0 Å². The number of methoxy groups -OCH3 is 2. The van der Waals surface area contributed by atoms with E-state index in [1.807, 2.05) is 0 Å². The number of likely N-dealkylation sites (N-methyl/N-ethyl adjacent to an activating group) is 2. The van der Waals surface area contributed by atoms with E-state index in [0.717, 1.165) is 19.5 Å². The predicted octanol–water partition coefficient (Wildman–Crippen LogP) is 0.367. The second kappa shape index (κ2) is 7.12.